The molecule has 0 saturated heterocycles. The van der Waals surface area contributed by atoms with Crippen LogP contribution in [-0.4, -0.2) is 26.0 Å². The Morgan fingerprint density at radius 1 is 1.11 bits per heavy atom. The van der Waals surface area contributed by atoms with Crippen LogP contribution in [0.5, 0.6) is 0 Å². The summed E-state index contributed by atoms with van der Waals surface area (Å²) in [5.41, 5.74) is 6.29. The van der Waals surface area contributed by atoms with Crippen LogP contribution < -0.4 is 0 Å². The smallest absolute Gasteiger partial charge is 0 e. The standard InChI is InChI=1S/C13H13.C3H9N.Ti/c1-3-7-12-10(5-1)9-11-6-2-4-8-13(11)12;1-4(2)3;/h1,3,5-7H,2,4,8-9H2;1-3H3;/q-1;;. The fraction of sp³-hybridized carbons (Fsp3) is 0.438. The van der Waals surface area contributed by atoms with Gasteiger partial charge in [0.1, 0.15) is 0 Å². The molecule has 0 radical (unpaired) electrons. The Labute approximate surface area is 126 Å². The third kappa shape index (κ3) is 3.75. The van der Waals surface area contributed by atoms with Gasteiger partial charge in [0, 0.05) is 21.7 Å². The summed E-state index contributed by atoms with van der Waals surface area (Å²) in [6.45, 7) is 0. The minimum Gasteiger partial charge on any atom is -0.312 e. The summed E-state index contributed by atoms with van der Waals surface area (Å²) >= 11 is 0. The molecular formula is C16H22NTi-. The Hall–Kier alpha value is -0.496. The Morgan fingerprint density at radius 3 is 2.50 bits per heavy atom. The van der Waals surface area contributed by atoms with Crippen LogP contribution in [0.25, 0.3) is 5.57 Å². The molecule has 1 aromatic carbocycles. The van der Waals surface area contributed by atoms with E-state index in [0.717, 1.165) is 0 Å². The molecule has 0 spiro atoms. The summed E-state index contributed by atoms with van der Waals surface area (Å²) < 4.78 is 0. The number of benzene rings is 1. The third-order valence-electron chi connectivity index (χ3n) is 3.13. The first kappa shape index (κ1) is 15.6. The normalized spacial score (nSPS) is 16.0. The van der Waals surface area contributed by atoms with Gasteiger partial charge in [-0.1, -0.05) is 42.7 Å². The average molecular weight is 276 g/mol. The Balaban J connectivity index is 0.000000289. The van der Waals surface area contributed by atoms with Gasteiger partial charge in [0.05, 0.1) is 0 Å². The largest absolute Gasteiger partial charge is 0.312 e. The second-order valence-electron chi connectivity index (χ2n) is 5.28. The van der Waals surface area contributed by atoms with Gasteiger partial charge in [0.2, 0.25) is 0 Å². The van der Waals surface area contributed by atoms with Crippen molar-refractivity contribution in [2.75, 3.05) is 21.1 Å². The van der Waals surface area contributed by atoms with Crippen molar-refractivity contribution in [3.63, 3.8) is 0 Å². The molecule has 0 amide bonds. The van der Waals surface area contributed by atoms with E-state index in [9.17, 15) is 0 Å². The molecule has 0 aliphatic heterocycles. The molecule has 0 saturated carbocycles. The van der Waals surface area contributed by atoms with E-state index in [1.165, 1.54) is 36.8 Å². The van der Waals surface area contributed by atoms with E-state index in [0.29, 0.717) is 0 Å². The minimum atomic E-state index is 0. The van der Waals surface area contributed by atoms with E-state index in [1.807, 2.05) is 26.0 Å². The zero-order valence-electron chi connectivity index (χ0n) is 11.7. The van der Waals surface area contributed by atoms with Gasteiger partial charge in [-0.3, -0.25) is 0 Å². The first-order valence-corrected chi connectivity index (χ1v) is 6.43. The molecule has 2 aliphatic carbocycles. The SMILES string of the molecule is CN(C)C.[Ti].c1ccc2c(c1)CC1=C2CCC[CH-]1. The Bertz CT molecular complexity index is 418. The zero-order valence-corrected chi connectivity index (χ0v) is 13.2. The number of rotatable bonds is 0. The molecule has 18 heavy (non-hydrogen) atoms. The van der Waals surface area contributed by atoms with E-state index >= 15 is 0 Å². The van der Waals surface area contributed by atoms with Gasteiger partial charge in [-0.25, -0.2) is 12.0 Å². The molecule has 1 nitrogen and oxygen atoms in total. The maximum atomic E-state index is 2.43. The van der Waals surface area contributed by atoms with Crippen LogP contribution >= 0.6 is 0 Å². The Morgan fingerprint density at radius 2 is 1.78 bits per heavy atom. The van der Waals surface area contributed by atoms with Crippen LogP contribution in [0.2, 0.25) is 0 Å². The fourth-order valence-electron chi connectivity index (χ4n) is 2.50. The quantitative estimate of drug-likeness (QED) is 0.517. The molecule has 0 aromatic heterocycles. The predicted octanol–water partition coefficient (Wildman–Crippen LogP) is 3.56. The first-order chi connectivity index (χ1) is 8.18. The van der Waals surface area contributed by atoms with Gasteiger partial charge in [0.15, 0.2) is 0 Å². The van der Waals surface area contributed by atoms with Gasteiger partial charge in [-0.2, -0.15) is 5.57 Å². The zero-order chi connectivity index (χ0) is 12.3. The maximum Gasteiger partial charge on any atom is 0 e. The van der Waals surface area contributed by atoms with Gasteiger partial charge in [-0.15, -0.1) is 12.0 Å². The van der Waals surface area contributed by atoms with Crippen molar-refractivity contribution < 1.29 is 21.7 Å². The molecule has 0 atom stereocenters. The summed E-state index contributed by atoms with van der Waals surface area (Å²) in [6.07, 6.45) is 7.53. The van der Waals surface area contributed by atoms with Crippen LogP contribution in [0.1, 0.15) is 30.4 Å². The number of allylic oxidation sites excluding steroid dienone is 2. The van der Waals surface area contributed by atoms with E-state index in [-0.39, 0.29) is 21.7 Å². The van der Waals surface area contributed by atoms with Crippen molar-refractivity contribution in [3.05, 3.63) is 47.4 Å². The number of fused-ring (bicyclic) bond motifs is 2. The van der Waals surface area contributed by atoms with E-state index in [2.05, 4.69) is 30.7 Å². The topological polar surface area (TPSA) is 3.24 Å². The molecule has 0 N–H and O–H groups in total. The minimum absolute atomic E-state index is 0. The van der Waals surface area contributed by atoms with Crippen LogP contribution in [0.4, 0.5) is 0 Å². The van der Waals surface area contributed by atoms with Crippen LogP contribution in [-0.2, 0) is 28.1 Å². The summed E-state index contributed by atoms with van der Waals surface area (Å²) in [5, 5.41) is 0. The molecule has 0 bridgehead atoms. The Kier molecular flexibility index (Phi) is 6.21. The molecule has 0 heterocycles. The summed E-state index contributed by atoms with van der Waals surface area (Å²) in [6, 6.07) is 8.85. The molecule has 2 heteroatoms. The second-order valence-corrected chi connectivity index (χ2v) is 5.28. The van der Waals surface area contributed by atoms with E-state index < -0.39 is 0 Å². The van der Waals surface area contributed by atoms with Crippen molar-refractivity contribution in [1.82, 2.24) is 4.90 Å². The number of hydrogen-bond donors (Lipinski definition) is 0. The molecule has 0 unspecified atom stereocenters. The summed E-state index contributed by atoms with van der Waals surface area (Å²) in [4.78, 5) is 2.00. The van der Waals surface area contributed by atoms with Crippen LogP contribution in [0, 0.1) is 6.42 Å². The average Bonchev–Trinajstić information content (AvgIpc) is 2.66. The molecule has 1 aromatic rings. The van der Waals surface area contributed by atoms with Gasteiger partial charge >= 0.3 is 0 Å². The number of hydrogen-bond acceptors (Lipinski definition) is 1. The molecular weight excluding hydrogens is 254 g/mol. The molecule has 0 fully saturated rings. The first-order valence-electron chi connectivity index (χ1n) is 6.43. The van der Waals surface area contributed by atoms with Gasteiger partial charge in [0.25, 0.3) is 0 Å². The van der Waals surface area contributed by atoms with Crippen molar-refractivity contribution in [2.45, 2.75) is 25.7 Å². The predicted molar refractivity (Wildman–Crippen MR) is 74.8 cm³/mol. The van der Waals surface area contributed by atoms with E-state index in [1.54, 1.807) is 11.1 Å². The third-order valence-corrected chi connectivity index (χ3v) is 3.13. The van der Waals surface area contributed by atoms with Gasteiger partial charge < -0.3 is 4.90 Å². The van der Waals surface area contributed by atoms with Crippen molar-refractivity contribution in [3.8, 4) is 0 Å². The van der Waals surface area contributed by atoms with Crippen molar-refractivity contribution >= 4 is 5.57 Å². The maximum absolute atomic E-state index is 2.43. The summed E-state index contributed by atoms with van der Waals surface area (Å²) in [7, 11) is 6.00. The van der Waals surface area contributed by atoms with Gasteiger partial charge in [-0.05, 0) is 27.6 Å². The van der Waals surface area contributed by atoms with Crippen LogP contribution in [0.15, 0.2) is 29.8 Å². The molecule has 96 valence electrons. The van der Waals surface area contributed by atoms with Crippen LogP contribution in [0.3, 0.4) is 0 Å². The fourth-order valence-corrected chi connectivity index (χ4v) is 2.50. The summed E-state index contributed by atoms with van der Waals surface area (Å²) in [5.74, 6) is 0. The monoisotopic (exact) mass is 276 g/mol. The molecule has 2 aliphatic rings. The molecule has 3 rings (SSSR count). The van der Waals surface area contributed by atoms with Crippen molar-refractivity contribution in [1.29, 1.82) is 0 Å². The van der Waals surface area contributed by atoms with Crippen molar-refractivity contribution in [2.24, 2.45) is 0 Å². The number of nitrogens with zero attached hydrogens (tertiary/aromatic N) is 1. The second kappa shape index (κ2) is 7.18. The van der Waals surface area contributed by atoms with E-state index in [4.69, 9.17) is 0 Å².